The zero-order valence-electron chi connectivity index (χ0n) is 15.7. The summed E-state index contributed by atoms with van der Waals surface area (Å²) in [4.78, 5) is 19.7. The Balaban J connectivity index is 1.53. The van der Waals surface area contributed by atoms with Gasteiger partial charge in [0.2, 0.25) is 0 Å². The number of nitrogens with zero attached hydrogens (tertiary/aromatic N) is 2. The van der Waals surface area contributed by atoms with Crippen LogP contribution in [0.4, 0.5) is 11.4 Å². The van der Waals surface area contributed by atoms with Crippen LogP contribution < -0.4 is 5.32 Å². The van der Waals surface area contributed by atoms with Gasteiger partial charge in [0, 0.05) is 18.8 Å². The number of rotatable bonds is 3. The minimum Gasteiger partial charge on any atom is -0.378 e. The fourth-order valence-corrected chi connectivity index (χ4v) is 4.96. The van der Waals surface area contributed by atoms with Crippen molar-refractivity contribution < 1.29 is 9.53 Å². The smallest absolute Gasteiger partial charge is 0.272 e. The van der Waals surface area contributed by atoms with Crippen molar-refractivity contribution in [3.05, 3.63) is 52.8 Å². The molecule has 1 aliphatic heterocycles. The van der Waals surface area contributed by atoms with Gasteiger partial charge in [0.05, 0.1) is 25.1 Å². The number of fused-ring (bicyclic) bond motifs is 5. The summed E-state index contributed by atoms with van der Waals surface area (Å²) in [7, 11) is 0. The number of aryl methyl sites for hydroxylation is 1. The average Bonchev–Trinajstić information content (AvgIpc) is 3.31. The molecule has 2 atom stereocenters. The summed E-state index contributed by atoms with van der Waals surface area (Å²) in [5, 5.41) is 3.57. The third kappa shape index (κ3) is 2.90. The van der Waals surface area contributed by atoms with E-state index in [1.165, 1.54) is 29.5 Å². The first-order chi connectivity index (χ1) is 13.2. The first kappa shape index (κ1) is 16.8. The fraction of sp³-hybridized carbons (Fsp3) is 0.455. The van der Waals surface area contributed by atoms with Crippen LogP contribution in [0, 0.1) is 6.92 Å². The molecule has 27 heavy (non-hydrogen) atoms. The third-order valence-electron chi connectivity index (χ3n) is 6.21. The van der Waals surface area contributed by atoms with Crippen LogP contribution >= 0.6 is 0 Å². The van der Waals surface area contributed by atoms with Gasteiger partial charge < -0.3 is 15.0 Å². The lowest BCUT2D eigenvalue weighted by atomic mass is 9.89. The minimum absolute atomic E-state index is 0.0733. The van der Waals surface area contributed by atoms with E-state index in [-0.39, 0.29) is 5.91 Å². The number of ether oxygens (including phenoxy) is 1. The Labute approximate surface area is 159 Å². The fourth-order valence-electron chi connectivity index (χ4n) is 4.96. The van der Waals surface area contributed by atoms with E-state index in [1.54, 1.807) is 0 Å². The lowest BCUT2D eigenvalue weighted by Crippen LogP contribution is -2.41. The molecular weight excluding hydrogens is 338 g/mol. The number of morpholine rings is 1. The van der Waals surface area contributed by atoms with Gasteiger partial charge in [-0.3, -0.25) is 4.79 Å². The monoisotopic (exact) mass is 363 g/mol. The van der Waals surface area contributed by atoms with Crippen molar-refractivity contribution in [1.29, 1.82) is 0 Å². The van der Waals surface area contributed by atoms with Gasteiger partial charge in [0.25, 0.3) is 5.91 Å². The van der Waals surface area contributed by atoms with Crippen LogP contribution in [-0.4, -0.2) is 42.1 Å². The molecule has 5 rings (SSSR count). The lowest BCUT2D eigenvalue weighted by molar-refractivity contribution is 0.0298. The number of carbonyl (C=O) groups is 1. The predicted octanol–water partition coefficient (Wildman–Crippen LogP) is 3.97. The number of pyridine rings is 1. The highest BCUT2D eigenvalue weighted by Gasteiger charge is 2.42. The number of carbonyl (C=O) groups excluding carboxylic acids is 1. The van der Waals surface area contributed by atoms with E-state index in [2.05, 4.69) is 41.5 Å². The van der Waals surface area contributed by atoms with Crippen molar-refractivity contribution in [2.75, 3.05) is 31.6 Å². The van der Waals surface area contributed by atoms with E-state index in [1.807, 2.05) is 11.1 Å². The number of hydrogen-bond acceptors (Lipinski definition) is 4. The van der Waals surface area contributed by atoms with Gasteiger partial charge in [-0.25, -0.2) is 4.98 Å². The van der Waals surface area contributed by atoms with Crippen LogP contribution in [0.15, 0.2) is 30.5 Å². The van der Waals surface area contributed by atoms with Gasteiger partial charge in [-0.2, -0.15) is 0 Å². The van der Waals surface area contributed by atoms with E-state index in [4.69, 9.17) is 4.74 Å². The normalized spacial score (nSPS) is 23.4. The van der Waals surface area contributed by atoms with Crippen molar-refractivity contribution in [2.45, 2.75) is 38.0 Å². The molecule has 140 valence electrons. The standard InChI is InChI=1S/C22H25N3O2/c1-14-3-2-4-17(11-14)24-18-13-23-21(22(26)25-7-9-27-10-8-25)20-16-6-5-15(12-16)19(18)20/h2-4,11,13,15-16,24H,5-10,12H2,1H3. The largest absolute Gasteiger partial charge is 0.378 e. The Kier molecular flexibility index (Phi) is 4.12. The highest BCUT2D eigenvalue weighted by molar-refractivity contribution is 5.95. The molecule has 2 bridgehead atoms. The van der Waals surface area contributed by atoms with Gasteiger partial charge in [0.1, 0.15) is 5.69 Å². The van der Waals surface area contributed by atoms with Gasteiger partial charge >= 0.3 is 0 Å². The molecule has 2 fully saturated rings. The Bertz CT molecular complexity index is 889. The third-order valence-corrected chi connectivity index (χ3v) is 6.21. The maximum absolute atomic E-state index is 13.1. The van der Waals surface area contributed by atoms with Crippen LogP contribution in [0.1, 0.15) is 58.3 Å². The number of amides is 1. The Morgan fingerprint density at radius 1 is 1.19 bits per heavy atom. The molecule has 2 unspecified atom stereocenters. The minimum atomic E-state index is 0.0733. The molecule has 0 radical (unpaired) electrons. The summed E-state index contributed by atoms with van der Waals surface area (Å²) >= 11 is 0. The highest BCUT2D eigenvalue weighted by Crippen LogP contribution is 2.56. The Hall–Kier alpha value is -2.40. The molecule has 2 aromatic rings. The predicted molar refractivity (Wildman–Crippen MR) is 105 cm³/mol. The maximum atomic E-state index is 13.1. The summed E-state index contributed by atoms with van der Waals surface area (Å²) in [5.41, 5.74) is 6.59. The quantitative estimate of drug-likeness (QED) is 0.896. The molecule has 1 N–H and O–H groups in total. The number of benzene rings is 1. The van der Waals surface area contributed by atoms with Crippen molar-refractivity contribution in [1.82, 2.24) is 9.88 Å². The van der Waals surface area contributed by atoms with E-state index >= 15 is 0 Å². The summed E-state index contributed by atoms with van der Waals surface area (Å²) in [6.07, 6.45) is 5.43. The second-order valence-electron chi connectivity index (χ2n) is 7.95. The molecule has 1 saturated heterocycles. The summed E-state index contributed by atoms with van der Waals surface area (Å²) in [6.45, 7) is 4.65. The molecule has 1 aromatic heterocycles. The molecule has 5 nitrogen and oxygen atoms in total. The molecule has 1 amide bonds. The van der Waals surface area contributed by atoms with Gasteiger partial charge in [0.15, 0.2) is 0 Å². The molecule has 2 heterocycles. The van der Waals surface area contributed by atoms with E-state index in [9.17, 15) is 4.79 Å². The van der Waals surface area contributed by atoms with Crippen molar-refractivity contribution in [3.8, 4) is 0 Å². The maximum Gasteiger partial charge on any atom is 0.272 e. The zero-order valence-corrected chi connectivity index (χ0v) is 15.7. The molecule has 1 saturated carbocycles. The van der Waals surface area contributed by atoms with Crippen LogP contribution in [0.5, 0.6) is 0 Å². The van der Waals surface area contributed by atoms with Crippen molar-refractivity contribution in [2.24, 2.45) is 0 Å². The SMILES string of the molecule is Cc1cccc(Nc2cnc(C(=O)N3CCOCC3)c3c2C2CCC3C2)c1. The number of aromatic nitrogens is 1. The summed E-state index contributed by atoms with van der Waals surface area (Å²) in [6, 6.07) is 8.39. The number of nitrogens with one attached hydrogen (secondary N) is 1. The van der Waals surface area contributed by atoms with Crippen LogP contribution in [0.3, 0.4) is 0 Å². The Morgan fingerprint density at radius 3 is 2.74 bits per heavy atom. The second kappa shape index (κ2) is 6.64. The van der Waals surface area contributed by atoms with E-state index < -0.39 is 0 Å². The van der Waals surface area contributed by atoms with Crippen molar-refractivity contribution in [3.63, 3.8) is 0 Å². The zero-order chi connectivity index (χ0) is 18.4. The molecular formula is C22H25N3O2. The molecule has 3 aliphatic rings. The summed E-state index contributed by atoms with van der Waals surface area (Å²) in [5.74, 6) is 1.11. The Morgan fingerprint density at radius 2 is 1.96 bits per heavy atom. The number of hydrogen-bond donors (Lipinski definition) is 1. The molecule has 2 aliphatic carbocycles. The van der Waals surface area contributed by atoms with Crippen LogP contribution in [0.25, 0.3) is 0 Å². The number of anilines is 2. The van der Waals surface area contributed by atoms with Gasteiger partial charge in [-0.05, 0) is 66.8 Å². The molecule has 5 heteroatoms. The topological polar surface area (TPSA) is 54.5 Å². The van der Waals surface area contributed by atoms with E-state index in [0.29, 0.717) is 43.8 Å². The first-order valence-electron chi connectivity index (χ1n) is 9.94. The van der Waals surface area contributed by atoms with Crippen LogP contribution in [0.2, 0.25) is 0 Å². The molecule has 1 aromatic carbocycles. The molecule has 0 spiro atoms. The first-order valence-corrected chi connectivity index (χ1v) is 9.94. The van der Waals surface area contributed by atoms with Gasteiger partial charge in [-0.1, -0.05) is 12.1 Å². The summed E-state index contributed by atoms with van der Waals surface area (Å²) < 4.78 is 5.40. The van der Waals surface area contributed by atoms with E-state index in [0.717, 1.165) is 17.8 Å². The van der Waals surface area contributed by atoms with Gasteiger partial charge in [-0.15, -0.1) is 0 Å². The second-order valence-corrected chi connectivity index (χ2v) is 7.95. The average molecular weight is 363 g/mol. The van der Waals surface area contributed by atoms with Crippen LogP contribution in [-0.2, 0) is 4.74 Å². The lowest BCUT2D eigenvalue weighted by Gasteiger charge is -2.29. The van der Waals surface area contributed by atoms with Crippen molar-refractivity contribution >= 4 is 17.3 Å². The highest BCUT2D eigenvalue weighted by atomic mass is 16.5.